The number of hydrogen-bond donors (Lipinski definition) is 3. The van der Waals surface area contributed by atoms with Crippen LogP contribution in [0.2, 0.25) is 0 Å². The van der Waals surface area contributed by atoms with E-state index in [9.17, 15) is 23.2 Å². The molecule has 0 spiro atoms. The van der Waals surface area contributed by atoms with Crippen molar-refractivity contribution in [3.05, 3.63) is 35.4 Å². The summed E-state index contributed by atoms with van der Waals surface area (Å²) in [6.07, 6.45) is 1.28. The first-order valence-corrected chi connectivity index (χ1v) is 8.04. The van der Waals surface area contributed by atoms with Crippen molar-refractivity contribution in [2.45, 2.75) is 50.6 Å². The fourth-order valence-electron chi connectivity index (χ4n) is 2.94. The van der Waals surface area contributed by atoms with Crippen molar-refractivity contribution >= 4 is 17.8 Å². The van der Waals surface area contributed by atoms with Crippen molar-refractivity contribution in [3.8, 4) is 0 Å². The zero-order valence-electron chi connectivity index (χ0n) is 13.6. The number of carboxylic acids is 1. The van der Waals surface area contributed by atoms with Crippen LogP contribution in [-0.2, 0) is 20.9 Å². The van der Waals surface area contributed by atoms with Crippen molar-refractivity contribution in [2.24, 2.45) is 0 Å². The number of carbonyl (C=O) groups is 3. The predicted molar refractivity (Wildman–Crippen MR) is 84.4 cm³/mol. The standard InChI is InChI=1S/C17H20F2N2O4/c18-12-3-1-2-11(16(12)19)10-20-13(22)4-7-17(9-6-15(24)25)8-5-14(23)21-17/h1-3H,4-10H2,(H,20,22)(H,21,23)(H,24,25). The quantitative estimate of drug-likeness (QED) is 0.664. The van der Waals surface area contributed by atoms with Gasteiger partial charge in [-0.1, -0.05) is 12.1 Å². The van der Waals surface area contributed by atoms with Gasteiger partial charge in [-0.15, -0.1) is 0 Å². The first-order chi connectivity index (χ1) is 11.8. The number of aliphatic carboxylic acids is 1. The number of benzene rings is 1. The summed E-state index contributed by atoms with van der Waals surface area (Å²) in [4.78, 5) is 34.2. The molecule has 8 heteroatoms. The minimum atomic E-state index is -0.996. The molecule has 1 heterocycles. The van der Waals surface area contributed by atoms with E-state index >= 15 is 0 Å². The van der Waals surface area contributed by atoms with E-state index in [-0.39, 0.29) is 43.2 Å². The van der Waals surface area contributed by atoms with Gasteiger partial charge in [0.25, 0.3) is 0 Å². The second kappa shape index (κ2) is 8.04. The lowest BCUT2D eigenvalue weighted by atomic mass is 9.86. The summed E-state index contributed by atoms with van der Waals surface area (Å²) in [5.41, 5.74) is -0.653. The van der Waals surface area contributed by atoms with Crippen LogP contribution in [0, 0.1) is 11.6 Å². The van der Waals surface area contributed by atoms with Crippen molar-refractivity contribution in [2.75, 3.05) is 0 Å². The summed E-state index contributed by atoms with van der Waals surface area (Å²) in [5.74, 6) is -3.48. The molecular formula is C17H20F2N2O4. The van der Waals surface area contributed by atoms with E-state index in [0.29, 0.717) is 19.3 Å². The molecule has 0 radical (unpaired) electrons. The molecule has 6 nitrogen and oxygen atoms in total. The zero-order valence-corrected chi connectivity index (χ0v) is 13.6. The highest BCUT2D eigenvalue weighted by atomic mass is 19.2. The first kappa shape index (κ1) is 18.8. The van der Waals surface area contributed by atoms with Crippen molar-refractivity contribution in [3.63, 3.8) is 0 Å². The van der Waals surface area contributed by atoms with E-state index in [0.717, 1.165) is 6.07 Å². The molecule has 0 bridgehead atoms. The van der Waals surface area contributed by atoms with Gasteiger partial charge in [0, 0.05) is 36.9 Å². The number of nitrogens with one attached hydrogen (secondary N) is 2. The highest BCUT2D eigenvalue weighted by Gasteiger charge is 2.37. The normalized spacial score (nSPS) is 19.5. The molecule has 1 aliphatic rings. The molecular weight excluding hydrogens is 334 g/mol. The van der Waals surface area contributed by atoms with Crippen LogP contribution >= 0.6 is 0 Å². The third kappa shape index (κ3) is 5.23. The van der Waals surface area contributed by atoms with Crippen LogP contribution in [0.1, 0.15) is 44.1 Å². The Hall–Kier alpha value is -2.51. The van der Waals surface area contributed by atoms with Crippen LogP contribution in [-0.4, -0.2) is 28.4 Å². The minimum absolute atomic E-state index is 0.0445. The first-order valence-electron chi connectivity index (χ1n) is 8.04. The Balaban J connectivity index is 1.87. The topological polar surface area (TPSA) is 95.5 Å². The Morgan fingerprint density at radius 2 is 1.96 bits per heavy atom. The molecule has 3 N–H and O–H groups in total. The van der Waals surface area contributed by atoms with Gasteiger partial charge in [0.2, 0.25) is 11.8 Å². The maximum absolute atomic E-state index is 13.5. The number of hydrogen-bond acceptors (Lipinski definition) is 3. The van der Waals surface area contributed by atoms with Gasteiger partial charge in [0.15, 0.2) is 11.6 Å². The van der Waals surface area contributed by atoms with Crippen molar-refractivity contribution < 1.29 is 28.3 Å². The van der Waals surface area contributed by atoms with Gasteiger partial charge < -0.3 is 15.7 Å². The van der Waals surface area contributed by atoms with Gasteiger partial charge in [-0.05, 0) is 25.3 Å². The average molecular weight is 354 g/mol. The lowest BCUT2D eigenvalue weighted by Gasteiger charge is -2.28. The molecule has 1 aliphatic heterocycles. The molecule has 0 saturated carbocycles. The lowest BCUT2D eigenvalue weighted by Crippen LogP contribution is -2.43. The smallest absolute Gasteiger partial charge is 0.303 e. The van der Waals surface area contributed by atoms with E-state index in [1.807, 2.05) is 0 Å². The number of rotatable bonds is 8. The van der Waals surface area contributed by atoms with Crippen molar-refractivity contribution in [1.82, 2.24) is 10.6 Å². The van der Waals surface area contributed by atoms with Gasteiger partial charge in [-0.2, -0.15) is 0 Å². The van der Waals surface area contributed by atoms with Crippen LogP contribution in [0.5, 0.6) is 0 Å². The fraction of sp³-hybridized carbons (Fsp3) is 0.471. The maximum atomic E-state index is 13.5. The van der Waals surface area contributed by atoms with Crippen LogP contribution in [0.15, 0.2) is 18.2 Å². The Kier molecular flexibility index (Phi) is 6.06. The van der Waals surface area contributed by atoms with E-state index in [2.05, 4.69) is 10.6 Å². The molecule has 1 aromatic rings. The minimum Gasteiger partial charge on any atom is -0.481 e. The zero-order chi connectivity index (χ0) is 18.4. The number of halogens is 2. The lowest BCUT2D eigenvalue weighted by molar-refractivity contribution is -0.137. The molecule has 1 unspecified atom stereocenters. The van der Waals surface area contributed by atoms with Crippen LogP contribution in [0.3, 0.4) is 0 Å². The molecule has 1 aromatic carbocycles. The average Bonchev–Trinajstić information content (AvgIpc) is 2.94. The van der Waals surface area contributed by atoms with Crippen LogP contribution in [0.4, 0.5) is 8.78 Å². The van der Waals surface area contributed by atoms with Gasteiger partial charge >= 0.3 is 5.97 Å². The molecule has 1 fully saturated rings. The second-order valence-electron chi connectivity index (χ2n) is 6.21. The third-order valence-corrected chi connectivity index (χ3v) is 4.39. The summed E-state index contributed by atoms with van der Waals surface area (Å²) < 4.78 is 26.7. The summed E-state index contributed by atoms with van der Waals surface area (Å²) in [6.45, 7) is -0.142. The highest BCUT2D eigenvalue weighted by Crippen LogP contribution is 2.30. The molecule has 0 aliphatic carbocycles. The highest BCUT2D eigenvalue weighted by molar-refractivity contribution is 5.80. The molecule has 0 aromatic heterocycles. The molecule has 2 rings (SSSR count). The van der Waals surface area contributed by atoms with Crippen molar-refractivity contribution in [1.29, 1.82) is 0 Å². The van der Waals surface area contributed by atoms with E-state index in [1.54, 1.807) is 0 Å². The van der Waals surface area contributed by atoms with Gasteiger partial charge in [-0.25, -0.2) is 8.78 Å². The van der Waals surface area contributed by atoms with Crippen LogP contribution < -0.4 is 10.6 Å². The largest absolute Gasteiger partial charge is 0.481 e. The van der Waals surface area contributed by atoms with E-state index in [1.165, 1.54) is 12.1 Å². The van der Waals surface area contributed by atoms with E-state index < -0.39 is 23.1 Å². The summed E-state index contributed by atoms with van der Waals surface area (Å²) in [6, 6.07) is 3.73. The Bertz CT molecular complexity index is 681. The van der Waals surface area contributed by atoms with E-state index in [4.69, 9.17) is 5.11 Å². The maximum Gasteiger partial charge on any atom is 0.303 e. The molecule has 2 amide bonds. The predicted octanol–water partition coefficient (Wildman–Crippen LogP) is 1.87. The Morgan fingerprint density at radius 3 is 2.60 bits per heavy atom. The van der Waals surface area contributed by atoms with Crippen LogP contribution in [0.25, 0.3) is 0 Å². The van der Waals surface area contributed by atoms with Gasteiger partial charge in [-0.3, -0.25) is 14.4 Å². The number of carbonyl (C=O) groups excluding carboxylic acids is 2. The molecule has 1 saturated heterocycles. The summed E-state index contributed by atoms with van der Waals surface area (Å²) in [7, 11) is 0. The third-order valence-electron chi connectivity index (χ3n) is 4.39. The SMILES string of the molecule is O=C(O)CCC1(CCC(=O)NCc2cccc(F)c2F)CCC(=O)N1. The molecule has 136 valence electrons. The molecule has 25 heavy (non-hydrogen) atoms. The Morgan fingerprint density at radius 1 is 1.24 bits per heavy atom. The summed E-state index contributed by atoms with van der Waals surface area (Å²) >= 11 is 0. The number of amides is 2. The Labute approximate surface area is 143 Å². The summed E-state index contributed by atoms with van der Waals surface area (Å²) in [5, 5.41) is 14.1. The van der Waals surface area contributed by atoms with Gasteiger partial charge in [0.1, 0.15) is 0 Å². The number of carboxylic acid groups (broad SMARTS) is 1. The monoisotopic (exact) mass is 354 g/mol. The second-order valence-corrected chi connectivity index (χ2v) is 6.21. The van der Waals surface area contributed by atoms with Gasteiger partial charge in [0.05, 0.1) is 0 Å². The fourth-order valence-corrected chi connectivity index (χ4v) is 2.94. The molecule has 1 atom stereocenters.